The van der Waals surface area contributed by atoms with Crippen molar-refractivity contribution >= 4 is 22.5 Å². The Labute approximate surface area is 146 Å². The molecule has 0 saturated heterocycles. The summed E-state index contributed by atoms with van der Waals surface area (Å²) < 4.78 is 41.8. The van der Waals surface area contributed by atoms with Gasteiger partial charge in [-0.15, -0.1) is 0 Å². The summed E-state index contributed by atoms with van der Waals surface area (Å²) in [7, 11) is 0. The molecule has 0 spiro atoms. The van der Waals surface area contributed by atoms with Gasteiger partial charge in [0.1, 0.15) is 11.5 Å². The van der Waals surface area contributed by atoms with Crippen LogP contribution in [-0.4, -0.2) is 19.3 Å². The van der Waals surface area contributed by atoms with Crippen molar-refractivity contribution in [2.45, 2.75) is 25.9 Å². The zero-order valence-electron chi connectivity index (χ0n) is 13.3. The number of pyridine rings is 2. The highest BCUT2D eigenvalue weighted by Crippen LogP contribution is 2.29. The number of nitrogens with one attached hydrogen (secondary N) is 1. The number of aromatic nitrogens is 4. The fourth-order valence-corrected chi connectivity index (χ4v) is 2.56. The molecule has 25 heavy (non-hydrogen) atoms. The first-order valence-corrected chi connectivity index (χ1v) is 8.12. The average molecular weight is 364 g/mol. The molecular formula is C16H13F3N5S. The van der Waals surface area contributed by atoms with Crippen molar-refractivity contribution in [3.05, 3.63) is 47.8 Å². The van der Waals surface area contributed by atoms with Gasteiger partial charge in [-0.05, 0) is 29.7 Å². The Morgan fingerprint density at radius 3 is 2.68 bits per heavy atom. The van der Waals surface area contributed by atoms with Crippen molar-refractivity contribution in [3.8, 4) is 11.5 Å². The van der Waals surface area contributed by atoms with E-state index >= 15 is 0 Å². The molecule has 129 valence electrons. The van der Waals surface area contributed by atoms with Crippen molar-refractivity contribution in [1.82, 2.24) is 19.3 Å². The number of hydrogen-bond acceptors (Lipinski definition) is 6. The fourth-order valence-electron chi connectivity index (χ4n) is 1.99. The van der Waals surface area contributed by atoms with Crippen LogP contribution in [0.1, 0.15) is 30.9 Å². The molecule has 0 aromatic carbocycles. The second-order valence-corrected chi connectivity index (χ2v) is 6.28. The standard InChI is InChI=1S/C16H13F3N5S/c1-9(2)10-5-6-20-12(7-10)14-23-15(25-24-14)22-13-4-3-11(8-21-13)16(17,18)19/h3,5-9H,1-2H3,(H,21,22,23,24). The summed E-state index contributed by atoms with van der Waals surface area (Å²) in [4.78, 5) is 12.3. The summed E-state index contributed by atoms with van der Waals surface area (Å²) in [5.74, 6) is 0.936. The molecule has 0 aliphatic rings. The maximum Gasteiger partial charge on any atom is 0.417 e. The molecule has 0 saturated carbocycles. The van der Waals surface area contributed by atoms with Gasteiger partial charge in [-0.2, -0.15) is 22.5 Å². The first kappa shape index (κ1) is 17.3. The molecule has 9 heteroatoms. The number of rotatable bonds is 4. The molecule has 0 atom stereocenters. The van der Waals surface area contributed by atoms with E-state index in [0.29, 0.717) is 22.6 Å². The largest absolute Gasteiger partial charge is 0.417 e. The lowest BCUT2D eigenvalue weighted by molar-refractivity contribution is -0.137. The van der Waals surface area contributed by atoms with E-state index in [1.165, 1.54) is 0 Å². The van der Waals surface area contributed by atoms with Gasteiger partial charge in [-0.3, -0.25) is 4.98 Å². The van der Waals surface area contributed by atoms with Gasteiger partial charge in [0.25, 0.3) is 0 Å². The molecule has 3 aromatic heterocycles. The molecule has 1 N–H and O–H groups in total. The van der Waals surface area contributed by atoms with Gasteiger partial charge in [0.15, 0.2) is 5.82 Å². The molecule has 0 aliphatic heterocycles. The summed E-state index contributed by atoms with van der Waals surface area (Å²) >= 11 is 1.07. The van der Waals surface area contributed by atoms with Crippen LogP contribution in [0.4, 0.5) is 24.1 Å². The molecule has 0 fully saturated rings. The molecule has 5 nitrogen and oxygen atoms in total. The van der Waals surface area contributed by atoms with Crippen molar-refractivity contribution in [1.29, 1.82) is 0 Å². The Morgan fingerprint density at radius 1 is 1.24 bits per heavy atom. The van der Waals surface area contributed by atoms with Crippen LogP contribution in [0.25, 0.3) is 11.5 Å². The van der Waals surface area contributed by atoms with Gasteiger partial charge in [-0.25, -0.2) is 4.98 Å². The summed E-state index contributed by atoms with van der Waals surface area (Å²) in [5.41, 5.74) is 0.901. The van der Waals surface area contributed by atoms with Crippen LogP contribution in [0.2, 0.25) is 0 Å². The average Bonchev–Trinajstić information content (AvgIpc) is 3.03. The van der Waals surface area contributed by atoms with Gasteiger partial charge >= 0.3 is 6.18 Å². The molecule has 1 radical (unpaired) electrons. The minimum absolute atomic E-state index is 0.139. The van der Waals surface area contributed by atoms with Crippen molar-refractivity contribution in [2.24, 2.45) is 0 Å². The molecule has 3 aromatic rings. The Bertz CT molecular complexity index is 859. The van der Waals surface area contributed by atoms with Gasteiger partial charge in [0.05, 0.1) is 5.56 Å². The maximum absolute atomic E-state index is 12.5. The van der Waals surface area contributed by atoms with E-state index in [1.54, 1.807) is 6.20 Å². The monoisotopic (exact) mass is 364 g/mol. The van der Waals surface area contributed by atoms with Crippen molar-refractivity contribution < 1.29 is 13.2 Å². The van der Waals surface area contributed by atoms with Gasteiger partial charge in [0, 0.05) is 30.0 Å². The molecule has 0 bridgehead atoms. The fraction of sp³-hybridized carbons (Fsp3) is 0.250. The van der Waals surface area contributed by atoms with Gasteiger partial charge < -0.3 is 5.32 Å². The van der Waals surface area contributed by atoms with E-state index in [1.807, 2.05) is 12.1 Å². The van der Waals surface area contributed by atoms with Gasteiger partial charge in [-0.1, -0.05) is 13.8 Å². The summed E-state index contributed by atoms with van der Waals surface area (Å²) in [6, 6.07) is 7.13. The number of halogens is 3. The van der Waals surface area contributed by atoms with Crippen LogP contribution in [0, 0.1) is 6.07 Å². The Balaban J connectivity index is 1.77. The van der Waals surface area contributed by atoms with E-state index in [2.05, 4.69) is 44.6 Å². The SMILES string of the molecule is CC(C)c1ccnc(-c2nsc(Nc3[c]cc(C(F)(F)F)cn3)n2)c1. The van der Waals surface area contributed by atoms with Crippen LogP contribution < -0.4 is 5.32 Å². The third-order valence-electron chi connectivity index (χ3n) is 3.36. The Morgan fingerprint density at radius 2 is 2.04 bits per heavy atom. The van der Waals surface area contributed by atoms with E-state index in [4.69, 9.17) is 0 Å². The summed E-state index contributed by atoms with van der Waals surface area (Å²) in [6.07, 6.45) is -2.00. The highest BCUT2D eigenvalue weighted by Gasteiger charge is 2.30. The Kier molecular flexibility index (Phi) is 4.67. The van der Waals surface area contributed by atoms with Crippen LogP contribution >= 0.6 is 11.5 Å². The third-order valence-corrected chi connectivity index (χ3v) is 3.99. The molecule has 3 heterocycles. The minimum atomic E-state index is -4.44. The zero-order valence-corrected chi connectivity index (χ0v) is 14.1. The summed E-state index contributed by atoms with van der Waals surface area (Å²) in [5, 5.41) is 3.19. The zero-order chi connectivity index (χ0) is 18.0. The number of alkyl halides is 3. The second kappa shape index (κ2) is 6.75. The predicted octanol–water partition coefficient (Wildman–Crippen LogP) is 4.68. The smallest absolute Gasteiger partial charge is 0.314 e. The Hall–Kier alpha value is -2.55. The lowest BCUT2D eigenvalue weighted by Gasteiger charge is -2.06. The van der Waals surface area contributed by atoms with Crippen LogP contribution in [0.5, 0.6) is 0 Å². The molecular weight excluding hydrogens is 351 g/mol. The third kappa shape index (κ3) is 4.11. The van der Waals surface area contributed by atoms with E-state index in [0.717, 1.165) is 29.4 Å². The number of nitrogens with zero attached hydrogens (tertiary/aromatic N) is 4. The summed E-state index contributed by atoms with van der Waals surface area (Å²) in [6.45, 7) is 4.15. The lowest BCUT2D eigenvalue weighted by atomic mass is 10.0. The van der Waals surface area contributed by atoms with E-state index < -0.39 is 11.7 Å². The molecule has 0 aliphatic carbocycles. The molecule has 3 rings (SSSR count). The predicted molar refractivity (Wildman–Crippen MR) is 88.6 cm³/mol. The molecule has 0 unspecified atom stereocenters. The minimum Gasteiger partial charge on any atom is -0.314 e. The normalized spacial score (nSPS) is 11.8. The van der Waals surface area contributed by atoms with Gasteiger partial charge in [0.2, 0.25) is 5.13 Å². The maximum atomic E-state index is 12.5. The van der Waals surface area contributed by atoms with E-state index in [9.17, 15) is 13.2 Å². The number of hydrogen-bond donors (Lipinski definition) is 1. The van der Waals surface area contributed by atoms with Crippen molar-refractivity contribution in [3.63, 3.8) is 0 Å². The van der Waals surface area contributed by atoms with Crippen LogP contribution in [-0.2, 0) is 6.18 Å². The number of anilines is 2. The first-order chi connectivity index (χ1) is 11.8. The quantitative estimate of drug-likeness (QED) is 0.728. The topological polar surface area (TPSA) is 63.6 Å². The molecule has 0 amide bonds. The van der Waals surface area contributed by atoms with Crippen molar-refractivity contribution in [2.75, 3.05) is 5.32 Å². The van der Waals surface area contributed by atoms with Crippen LogP contribution in [0.3, 0.4) is 0 Å². The van der Waals surface area contributed by atoms with E-state index in [-0.39, 0.29) is 5.82 Å². The first-order valence-electron chi connectivity index (χ1n) is 7.35. The highest BCUT2D eigenvalue weighted by atomic mass is 32.1. The highest BCUT2D eigenvalue weighted by molar-refractivity contribution is 7.09. The van der Waals surface area contributed by atoms with Crippen LogP contribution in [0.15, 0.2) is 30.6 Å². The lowest BCUT2D eigenvalue weighted by Crippen LogP contribution is -2.06. The second-order valence-electron chi connectivity index (χ2n) is 5.53.